The van der Waals surface area contributed by atoms with Crippen molar-refractivity contribution in [3.63, 3.8) is 0 Å². The Morgan fingerprint density at radius 3 is 2.85 bits per heavy atom. The van der Waals surface area contributed by atoms with Crippen LogP contribution < -0.4 is 5.73 Å². The lowest BCUT2D eigenvalue weighted by molar-refractivity contribution is 0.434. The van der Waals surface area contributed by atoms with Crippen molar-refractivity contribution >= 4 is 11.2 Å². The number of pyridine rings is 1. The predicted molar refractivity (Wildman–Crippen MR) is 83.6 cm³/mol. The summed E-state index contributed by atoms with van der Waals surface area (Å²) >= 11 is 0. The smallest absolute Gasteiger partial charge is 0.159 e. The normalized spacial score (nSPS) is 12.9. The Hall–Kier alpha value is -1.42. The molecule has 0 radical (unpaired) electrons. The predicted octanol–water partition coefficient (Wildman–Crippen LogP) is 3.15. The molecule has 0 saturated heterocycles. The summed E-state index contributed by atoms with van der Waals surface area (Å²) in [6, 6.07) is 4.01. The first-order chi connectivity index (χ1) is 9.80. The van der Waals surface area contributed by atoms with Crippen LogP contribution in [0, 0.1) is 5.92 Å². The first-order valence-electron chi connectivity index (χ1n) is 7.80. The molecule has 0 spiro atoms. The monoisotopic (exact) mass is 274 g/mol. The lowest BCUT2D eigenvalue weighted by Gasteiger charge is -2.13. The molecule has 0 aromatic carbocycles. The molecule has 2 N–H and O–H groups in total. The number of fused-ring (bicyclic) bond motifs is 1. The Balaban J connectivity index is 2.17. The maximum Gasteiger partial charge on any atom is 0.159 e. The first kappa shape index (κ1) is 15.0. The van der Waals surface area contributed by atoms with Gasteiger partial charge in [0.25, 0.3) is 0 Å². The van der Waals surface area contributed by atoms with Crippen molar-refractivity contribution in [1.82, 2.24) is 14.5 Å². The van der Waals surface area contributed by atoms with Crippen LogP contribution in [0.2, 0.25) is 0 Å². The topological polar surface area (TPSA) is 56.7 Å². The zero-order chi connectivity index (χ0) is 14.4. The lowest BCUT2D eigenvalue weighted by Crippen LogP contribution is -2.11. The van der Waals surface area contributed by atoms with Crippen LogP contribution in [0.3, 0.4) is 0 Å². The van der Waals surface area contributed by atoms with Crippen molar-refractivity contribution < 1.29 is 0 Å². The SMILES string of the molecule is CCCn1c(CCC(CC)CCN)nc2cccnc21. The van der Waals surface area contributed by atoms with Crippen LogP contribution in [-0.4, -0.2) is 21.1 Å². The number of nitrogens with zero attached hydrogens (tertiary/aromatic N) is 3. The van der Waals surface area contributed by atoms with Crippen LogP contribution in [0.15, 0.2) is 18.3 Å². The molecular formula is C16H26N4. The molecule has 0 amide bonds. The molecule has 0 aliphatic heterocycles. The Morgan fingerprint density at radius 1 is 1.30 bits per heavy atom. The van der Waals surface area contributed by atoms with Crippen LogP contribution in [0.25, 0.3) is 11.2 Å². The van der Waals surface area contributed by atoms with E-state index in [1.165, 1.54) is 18.7 Å². The molecule has 1 unspecified atom stereocenters. The fourth-order valence-electron chi connectivity index (χ4n) is 2.78. The van der Waals surface area contributed by atoms with Crippen molar-refractivity contribution in [2.45, 2.75) is 52.5 Å². The highest BCUT2D eigenvalue weighted by Gasteiger charge is 2.13. The third-order valence-corrected chi connectivity index (χ3v) is 3.96. The standard InChI is InChI=1S/C16H26N4/c1-3-12-20-15(8-7-13(4-2)9-10-17)19-14-6-5-11-18-16(14)20/h5-6,11,13H,3-4,7-10,12,17H2,1-2H3. The highest BCUT2D eigenvalue weighted by Crippen LogP contribution is 2.19. The van der Waals surface area contributed by atoms with E-state index < -0.39 is 0 Å². The molecule has 0 saturated carbocycles. The van der Waals surface area contributed by atoms with Gasteiger partial charge in [-0.25, -0.2) is 9.97 Å². The number of nitrogens with two attached hydrogens (primary N) is 1. The maximum absolute atomic E-state index is 5.68. The van der Waals surface area contributed by atoms with Crippen LogP contribution in [0.5, 0.6) is 0 Å². The second-order valence-corrected chi connectivity index (χ2v) is 5.42. The van der Waals surface area contributed by atoms with Crippen LogP contribution in [0.1, 0.15) is 45.4 Å². The van der Waals surface area contributed by atoms with Crippen molar-refractivity contribution in [3.8, 4) is 0 Å². The lowest BCUT2D eigenvalue weighted by atomic mass is 9.96. The third kappa shape index (κ3) is 3.37. The number of rotatable bonds is 8. The molecule has 110 valence electrons. The number of hydrogen-bond donors (Lipinski definition) is 1. The van der Waals surface area contributed by atoms with Gasteiger partial charge in [-0.15, -0.1) is 0 Å². The van der Waals surface area contributed by atoms with Gasteiger partial charge in [-0.2, -0.15) is 0 Å². The van der Waals surface area contributed by atoms with E-state index in [9.17, 15) is 0 Å². The molecule has 2 aromatic heterocycles. The fourth-order valence-corrected chi connectivity index (χ4v) is 2.78. The minimum atomic E-state index is 0.711. The average molecular weight is 274 g/mol. The fraction of sp³-hybridized carbons (Fsp3) is 0.625. The van der Waals surface area contributed by atoms with E-state index in [0.29, 0.717) is 5.92 Å². The second kappa shape index (κ2) is 7.39. The molecule has 2 aromatic rings. The summed E-state index contributed by atoms with van der Waals surface area (Å²) in [7, 11) is 0. The molecule has 0 fully saturated rings. The molecule has 20 heavy (non-hydrogen) atoms. The molecule has 4 nitrogen and oxygen atoms in total. The third-order valence-electron chi connectivity index (χ3n) is 3.96. The number of aryl methyl sites for hydroxylation is 2. The molecule has 2 rings (SSSR count). The first-order valence-corrected chi connectivity index (χ1v) is 7.80. The van der Waals surface area contributed by atoms with Gasteiger partial charge < -0.3 is 10.3 Å². The minimum Gasteiger partial charge on any atom is -0.330 e. The Labute approximate surface area is 121 Å². The van der Waals surface area contributed by atoms with E-state index in [4.69, 9.17) is 10.7 Å². The van der Waals surface area contributed by atoms with E-state index in [0.717, 1.165) is 43.5 Å². The Morgan fingerprint density at radius 2 is 2.15 bits per heavy atom. The molecule has 2 heterocycles. The van der Waals surface area contributed by atoms with E-state index in [2.05, 4.69) is 29.5 Å². The zero-order valence-electron chi connectivity index (χ0n) is 12.7. The van der Waals surface area contributed by atoms with Gasteiger partial charge in [-0.1, -0.05) is 20.3 Å². The van der Waals surface area contributed by atoms with Gasteiger partial charge in [-0.05, 0) is 43.9 Å². The molecule has 0 aliphatic carbocycles. The maximum atomic E-state index is 5.68. The van der Waals surface area contributed by atoms with Gasteiger partial charge in [0.15, 0.2) is 5.65 Å². The van der Waals surface area contributed by atoms with E-state index in [1.807, 2.05) is 12.3 Å². The van der Waals surface area contributed by atoms with Crippen LogP contribution >= 0.6 is 0 Å². The zero-order valence-corrected chi connectivity index (χ0v) is 12.7. The second-order valence-electron chi connectivity index (χ2n) is 5.42. The molecule has 0 bridgehead atoms. The molecule has 1 atom stereocenters. The highest BCUT2D eigenvalue weighted by atomic mass is 15.1. The Kier molecular flexibility index (Phi) is 5.53. The van der Waals surface area contributed by atoms with E-state index in [1.54, 1.807) is 0 Å². The summed E-state index contributed by atoms with van der Waals surface area (Å²) < 4.78 is 2.28. The number of hydrogen-bond acceptors (Lipinski definition) is 3. The quantitative estimate of drug-likeness (QED) is 0.804. The van der Waals surface area contributed by atoms with Crippen molar-refractivity contribution in [1.29, 1.82) is 0 Å². The van der Waals surface area contributed by atoms with Crippen molar-refractivity contribution in [3.05, 3.63) is 24.2 Å². The van der Waals surface area contributed by atoms with E-state index >= 15 is 0 Å². The number of imidazole rings is 1. The van der Waals surface area contributed by atoms with E-state index in [-0.39, 0.29) is 0 Å². The van der Waals surface area contributed by atoms with Gasteiger partial charge in [0.1, 0.15) is 11.3 Å². The summed E-state index contributed by atoms with van der Waals surface area (Å²) in [6.07, 6.45) is 7.46. The largest absolute Gasteiger partial charge is 0.330 e. The summed E-state index contributed by atoms with van der Waals surface area (Å²) in [5.74, 6) is 1.89. The van der Waals surface area contributed by atoms with Gasteiger partial charge in [0, 0.05) is 19.2 Å². The summed E-state index contributed by atoms with van der Waals surface area (Å²) in [5, 5.41) is 0. The summed E-state index contributed by atoms with van der Waals surface area (Å²) in [6.45, 7) is 6.22. The van der Waals surface area contributed by atoms with Gasteiger partial charge >= 0.3 is 0 Å². The molecule has 4 heteroatoms. The number of aromatic nitrogens is 3. The van der Waals surface area contributed by atoms with Gasteiger partial charge in [0.05, 0.1) is 0 Å². The average Bonchev–Trinajstić information content (AvgIpc) is 2.82. The van der Waals surface area contributed by atoms with Crippen LogP contribution in [0.4, 0.5) is 0 Å². The van der Waals surface area contributed by atoms with Crippen molar-refractivity contribution in [2.75, 3.05) is 6.54 Å². The summed E-state index contributed by atoms with van der Waals surface area (Å²) in [4.78, 5) is 9.25. The van der Waals surface area contributed by atoms with Gasteiger partial charge in [-0.3, -0.25) is 0 Å². The Bertz CT molecular complexity index is 532. The van der Waals surface area contributed by atoms with Crippen LogP contribution in [-0.2, 0) is 13.0 Å². The summed E-state index contributed by atoms with van der Waals surface area (Å²) in [5.41, 5.74) is 7.72. The van der Waals surface area contributed by atoms with Gasteiger partial charge in [0.2, 0.25) is 0 Å². The molecular weight excluding hydrogens is 248 g/mol. The highest BCUT2D eigenvalue weighted by molar-refractivity contribution is 5.71. The van der Waals surface area contributed by atoms with Crippen molar-refractivity contribution in [2.24, 2.45) is 11.7 Å². The molecule has 0 aliphatic rings. The minimum absolute atomic E-state index is 0.711.